The van der Waals surface area contributed by atoms with Gasteiger partial charge in [-0.15, -0.1) is 0 Å². The maximum atomic E-state index is 12.2. The first-order chi connectivity index (χ1) is 13.7. The van der Waals surface area contributed by atoms with Crippen molar-refractivity contribution in [3.05, 3.63) is 79.6 Å². The molecule has 0 aliphatic heterocycles. The van der Waals surface area contributed by atoms with E-state index in [2.05, 4.69) is 25.9 Å². The van der Waals surface area contributed by atoms with E-state index < -0.39 is 10.0 Å². The lowest BCUT2D eigenvalue weighted by molar-refractivity contribution is 0.270. The van der Waals surface area contributed by atoms with E-state index in [0.29, 0.717) is 16.5 Å². The average molecular weight is 539 g/mol. The van der Waals surface area contributed by atoms with Gasteiger partial charge in [0.2, 0.25) is 0 Å². The summed E-state index contributed by atoms with van der Waals surface area (Å²) < 4.78 is 36.2. The van der Waals surface area contributed by atoms with Gasteiger partial charge in [0.1, 0.15) is 18.1 Å². The van der Waals surface area contributed by atoms with Crippen LogP contribution in [0.2, 0.25) is 15.1 Å². The van der Waals surface area contributed by atoms with Gasteiger partial charge in [0.15, 0.2) is 5.75 Å². The van der Waals surface area contributed by atoms with Gasteiger partial charge in [-0.05, 0) is 48.5 Å². The standard InChI is InChI=1S/C18H12BrCl3N2O4S/c19-11-1-5-15(6-2-11)29(25,26)24-23-9-13-3-4-14(28-13)10-27-18-16(21)7-12(20)8-17(18)22/h1-9,24H,10H2/b23-9-. The lowest BCUT2D eigenvalue weighted by Crippen LogP contribution is -2.18. The number of hydrogen-bond acceptors (Lipinski definition) is 5. The Morgan fingerprint density at radius 2 is 1.72 bits per heavy atom. The van der Waals surface area contributed by atoms with E-state index >= 15 is 0 Å². The number of nitrogens with one attached hydrogen (secondary N) is 1. The fourth-order valence-electron chi connectivity index (χ4n) is 2.18. The second-order valence-electron chi connectivity index (χ2n) is 5.60. The zero-order valence-electron chi connectivity index (χ0n) is 14.4. The molecule has 1 heterocycles. The minimum absolute atomic E-state index is 0.0551. The molecule has 0 saturated carbocycles. The highest BCUT2D eigenvalue weighted by Gasteiger charge is 2.13. The Balaban J connectivity index is 1.61. The van der Waals surface area contributed by atoms with Crippen molar-refractivity contribution in [3.63, 3.8) is 0 Å². The number of hydrazone groups is 1. The van der Waals surface area contributed by atoms with Crippen molar-refractivity contribution in [2.24, 2.45) is 5.10 Å². The first-order valence-electron chi connectivity index (χ1n) is 7.91. The van der Waals surface area contributed by atoms with Crippen LogP contribution in [0.1, 0.15) is 11.5 Å². The largest absolute Gasteiger partial charge is 0.483 e. The second kappa shape index (κ2) is 9.40. The van der Waals surface area contributed by atoms with Crippen molar-refractivity contribution < 1.29 is 17.6 Å². The predicted octanol–water partition coefficient (Wildman–Crippen LogP) is 5.89. The fraction of sp³-hybridized carbons (Fsp3) is 0.0556. The van der Waals surface area contributed by atoms with Crippen LogP contribution in [0.3, 0.4) is 0 Å². The van der Waals surface area contributed by atoms with Crippen molar-refractivity contribution in [2.45, 2.75) is 11.5 Å². The van der Waals surface area contributed by atoms with Crippen LogP contribution in [0.5, 0.6) is 5.75 Å². The molecule has 6 nitrogen and oxygen atoms in total. The molecular weight excluding hydrogens is 527 g/mol. The van der Waals surface area contributed by atoms with Crippen LogP contribution in [0.25, 0.3) is 0 Å². The number of sulfonamides is 1. The molecule has 0 bridgehead atoms. The highest BCUT2D eigenvalue weighted by Crippen LogP contribution is 2.36. The van der Waals surface area contributed by atoms with Crippen molar-refractivity contribution in [2.75, 3.05) is 0 Å². The number of benzene rings is 2. The quantitative estimate of drug-likeness (QED) is 0.300. The Labute approximate surface area is 190 Å². The summed E-state index contributed by atoms with van der Waals surface area (Å²) in [6.45, 7) is 0.0551. The van der Waals surface area contributed by atoms with Gasteiger partial charge in [0, 0.05) is 9.50 Å². The van der Waals surface area contributed by atoms with E-state index in [1.807, 2.05) is 0 Å². The monoisotopic (exact) mass is 536 g/mol. The second-order valence-corrected chi connectivity index (χ2v) is 9.43. The van der Waals surface area contributed by atoms with Gasteiger partial charge in [-0.1, -0.05) is 50.7 Å². The molecule has 0 aliphatic rings. The summed E-state index contributed by atoms with van der Waals surface area (Å²) in [6, 6.07) is 12.5. The van der Waals surface area contributed by atoms with Gasteiger partial charge in [0.05, 0.1) is 21.2 Å². The first kappa shape index (κ1) is 22.0. The zero-order chi connectivity index (χ0) is 21.0. The van der Waals surface area contributed by atoms with E-state index in [1.165, 1.54) is 30.5 Å². The van der Waals surface area contributed by atoms with Crippen molar-refractivity contribution in [1.29, 1.82) is 0 Å². The van der Waals surface area contributed by atoms with Crippen molar-refractivity contribution >= 4 is 67.0 Å². The van der Waals surface area contributed by atoms with Gasteiger partial charge in [-0.3, -0.25) is 0 Å². The molecule has 1 aromatic heterocycles. The van der Waals surface area contributed by atoms with Gasteiger partial charge >= 0.3 is 0 Å². The van der Waals surface area contributed by atoms with E-state index in [1.54, 1.807) is 24.3 Å². The zero-order valence-corrected chi connectivity index (χ0v) is 19.1. The number of hydrogen-bond donors (Lipinski definition) is 1. The number of rotatable bonds is 7. The summed E-state index contributed by atoms with van der Waals surface area (Å²) in [5.74, 6) is 1.08. The van der Waals surface area contributed by atoms with Gasteiger partial charge < -0.3 is 9.15 Å². The van der Waals surface area contributed by atoms with E-state index in [9.17, 15) is 8.42 Å². The molecule has 0 saturated heterocycles. The summed E-state index contributed by atoms with van der Waals surface area (Å²) in [6.07, 6.45) is 1.24. The van der Waals surface area contributed by atoms with Crippen LogP contribution in [-0.4, -0.2) is 14.6 Å². The van der Waals surface area contributed by atoms with Crippen LogP contribution >= 0.6 is 50.7 Å². The van der Waals surface area contributed by atoms with Crippen LogP contribution < -0.4 is 9.57 Å². The molecule has 3 aromatic rings. The smallest absolute Gasteiger partial charge is 0.276 e. The number of nitrogens with zero attached hydrogens (tertiary/aromatic N) is 1. The lowest BCUT2D eigenvalue weighted by Gasteiger charge is -2.08. The third kappa shape index (κ3) is 5.90. The van der Waals surface area contributed by atoms with Gasteiger partial charge in [-0.2, -0.15) is 18.4 Å². The molecule has 152 valence electrons. The van der Waals surface area contributed by atoms with E-state index in [-0.39, 0.29) is 27.3 Å². The fourth-order valence-corrected chi connectivity index (χ4v) is 4.16. The molecule has 0 amide bonds. The summed E-state index contributed by atoms with van der Waals surface area (Å²) in [5, 5.41) is 4.67. The maximum Gasteiger partial charge on any atom is 0.276 e. The van der Waals surface area contributed by atoms with Crippen LogP contribution in [0, 0.1) is 0 Å². The number of furan rings is 1. The van der Waals surface area contributed by atoms with E-state index in [0.717, 1.165) is 4.47 Å². The Kier molecular flexibility index (Phi) is 7.13. The van der Waals surface area contributed by atoms with Crippen LogP contribution in [-0.2, 0) is 16.6 Å². The molecule has 0 fully saturated rings. The molecule has 11 heteroatoms. The third-order valence-electron chi connectivity index (χ3n) is 3.49. The molecule has 2 aromatic carbocycles. The van der Waals surface area contributed by atoms with Crippen molar-refractivity contribution in [3.8, 4) is 5.75 Å². The molecule has 0 radical (unpaired) electrons. The molecule has 29 heavy (non-hydrogen) atoms. The lowest BCUT2D eigenvalue weighted by atomic mass is 10.3. The van der Waals surface area contributed by atoms with Crippen LogP contribution in [0.15, 0.2) is 67.4 Å². The molecule has 1 N–H and O–H groups in total. The summed E-state index contributed by atoms with van der Waals surface area (Å²) in [5.41, 5.74) is 0. The van der Waals surface area contributed by atoms with Gasteiger partial charge in [-0.25, -0.2) is 0 Å². The van der Waals surface area contributed by atoms with E-state index in [4.69, 9.17) is 44.0 Å². The average Bonchev–Trinajstić information content (AvgIpc) is 3.09. The molecule has 3 rings (SSSR count). The molecule has 0 unspecified atom stereocenters. The Morgan fingerprint density at radius 3 is 2.38 bits per heavy atom. The molecule has 0 spiro atoms. The normalized spacial score (nSPS) is 11.7. The molecule has 0 atom stereocenters. The summed E-state index contributed by atoms with van der Waals surface area (Å²) in [4.78, 5) is 2.20. The van der Waals surface area contributed by atoms with Crippen LogP contribution in [0.4, 0.5) is 0 Å². The highest BCUT2D eigenvalue weighted by molar-refractivity contribution is 9.10. The number of halogens is 4. The first-order valence-corrected chi connectivity index (χ1v) is 11.3. The number of ether oxygens (including phenoxy) is 1. The SMILES string of the molecule is O=S(=O)(N/N=C\c1ccc(COc2c(Cl)cc(Cl)cc2Cl)o1)c1ccc(Br)cc1. The van der Waals surface area contributed by atoms with Gasteiger partial charge in [0.25, 0.3) is 10.0 Å². The maximum absolute atomic E-state index is 12.2. The van der Waals surface area contributed by atoms with Crippen molar-refractivity contribution in [1.82, 2.24) is 4.83 Å². The Bertz CT molecular complexity index is 1130. The summed E-state index contributed by atoms with van der Waals surface area (Å²) in [7, 11) is -3.77. The highest BCUT2D eigenvalue weighted by atomic mass is 79.9. The Hall–Kier alpha value is -1.71. The minimum Gasteiger partial charge on any atom is -0.483 e. The Morgan fingerprint density at radius 1 is 1.07 bits per heavy atom. The predicted molar refractivity (Wildman–Crippen MR) is 117 cm³/mol. The summed E-state index contributed by atoms with van der Waals surface area (Å²) >= 11 is 21.2. The minimum atomic E-state index is -3.77. The molecule has 0 aliphatic carbocycles. The third-order valence-corrected chi connectivity index (χ3v) is 6.04. The topological polar surface area (TPSA) is 80.9 Å². The molecular formula is C18H12BrCl3N2O4S.